The number of rotatable bonds is 3. The minimum absolute atomic E-state index is 0.139. The molecule has 0 aromatic carbocycles. The van der Waals surface area contributed by atoms with Crippen molar-refractivity contribution in [3.05, 3.63) is 0 Å². The summed E-state index contributed by atoms with van der Waals surface area (Å²) in [6.45, 7) is 12.8. The van der Waals surface area contributed by atoms with E-state index in [1.165, 1.54) is 6.42 Å². The Morgan fingerprint density at radius 2 is 1.89 bits per heavy atom. The summed E-state index contributed by atoms with van der Waals surface area (Å²) in [5.74, 6) is 0.833. The molecular weight excluding hydrogens is 236 g/mol. The van der Waals surface area contributed by atoms with E-state index in [0.29, 0.717) is 17.2 Å². The summed E-state index contributed by atoms with van der Waals surface area (Å²) in [7, 11) is 0. The molecule has 1 amide bonds. The summed E-state index contributed by atoms with van der Waals surface area (Å²) in [5.41, 5.74) is 0.315. The summed E-state index contributed by atoms with van der Waals surface area (Å²) in [4.78, 5) is 15.1. The first-order valence-electron chi connectivity index (χ1n) is 7.94. The van der Waals surface area contributed by atoms with Crippen LogP contribution in [0.4, 0.5) is 0 Å². The lowest BCUT2D eigenvalue weighted by atomic mass is 9.73. The molecule has 2 aliphatic rings. The van der Waals surface area contributed by atoms with Gasteiger partial charge in [-0.25, -0.2) is 0 Å². The minimum atomic E-state index is -0.139. The van der Waals surface area contributed by atoms with Gasteiger partial charge >= 0.3 is 0 Å². The second-order valence-electron chi connectivity index (χ2n) is 7.19. The third kappa shape index (κ3) is 2.67. The highest BCUT2D eigenvalue weighted by molar-refractivity contribution is 5.83. The molecule has 2 rings (SSSR count). The molecule has 0 saturated carbocycles. The molecule has 2 saturated heterocycles. The zero-order valence-electron chi connectivity index (χ0n) is 13.1. The van der Waals surface area contributed by atoms with Crippen LogP contribution in [0.25, 0.3) is 0 Å². The molecule has 19 heavy (non-hydrogen) atoms. The second-order valence-corrected chi connectivity index (χ2v) is 7.19. The van der Waals surface area contributed by atoms with Gasteiger partial charge in [-0.15, -0.1) is 0 Å². The SMILES string of the molecule is CCC1(C)CCN(C(=O)C2(C(C)C)CCNC2)CC1. The second kappa shape index (κ2) is 5.43. The van der Waals surface area contributed by atoms with E-state index < -0.39 is 0 Å². The molecule has 1 unspecified atom stereocenters. The summed E-state index contributed by atoms with van der Waals surface area (Å²) >= 11 is 0. The van der Waals surface area contributed by atoms with Gasteiger partial charge in [-0.2, -0.15) is 0 Å². The zero-order valence-corrected chi connectivity index (χ0v) is 13.1. The quantitative estimate of drug-likeness (QED) is 0.852. The fourth-order valence-corrected chi connectivity index (χ4v) is 3.55. The molecule has 0 aromatic heterocycles. The summed E-state index contributed by atoms with van der Waals surface area (Å²) < 4.78 is 0. The van der Waals surface area contributed by atoms with Gasteiger partial charge in [0.2, 0.25) is 5.91 Å². The van der Waals surface area contributed by atoms with Crippen molar-refractivity contribution < 1.29 is 4.79 Å². The highest BCUT2D eigenvalue weighted by Crippen LogP contribution is 2.39. The summed E-state index contributed by atoms with van der Waals surface area (Å²) in [5, 5.41) is 3.39. The maximum absolute atomic E-state index is 12.9. The topological polar surface area (TPSA) is 32.3 Å². The van der Waals surface area contributed by atoms with E-state index in [1.54, 1.807) is 0 Å². The average molecular weight is 266 g/mol. The molecule has 0 aromatic rings. The van der Waals surface area contributed by atoms with Crippen LogP contribution in [0.1, 0.15) is 53.4 Å². The maximum Gasteiger partial charge on any atom is 0.230 e. The van der Waals surface area contributed by atoms with Crippen molar-refractivity contribution in [2.45, 2.75) is 53.4 Å². The molecule has 0 bridgehead atoms. The molecule has 1 N–H and O–H groups in total. The molecule has 110 valence electrons. The predicted molar refractivity (Wildman–Crippen MR) is 79.0 cm³/mol. The summed E-state index contributed by atoms with van der Waals surface area (Å²) in [6, 6.07) is 0. The average Bonchev–Trinajstić information content (AvgIpc) is 2.89. The Morgan fingerprint density at radius 1 is 1.26 bits per heavy atom. The lowest BCUT2D eigenvalue weighted by Crippen LogP contribution is -2.51. The highest BCUT2D eigenvalue weighted by atomic mass is 16.2. The largest absolute Gasteiger partial charge is 0.342 e. The number of carbonyl (C=O) groups is 1. The molecule has 0 aliphatic carbocycles. The monoisotopic (exact) mass is 266 g/mol. The first-order chi connectivity index (χ1) is 8.93. The lowest BCUT2D eigenvalue weighted by molar-refractivity contribution is -0.146. The van der Waals surface area contributed by atoms with Gasteiger partial charge in [-0.3, -0.25) is 4.79 Å². The van der Waals surface area contributed by atoms with E-state index >= 15 is 0 Å². The van der Waals surface area contributed by atoms with Gasteiger partial charge in [0.25, 0.3) is 0 Å². The van der Waals surface area contributed by atoms with Crippen LogP contribution in [0, 0.1) is 16.7 Å². The van der Waals surface area contributed by atoms with Crippen molar-refractivity contribution in [2.24, 2.45) is 16.7 Å². The van der Waals surface area contributed by atoms with Crippen LogP contribution < -0.4 is 5.32 Å². The van der Waals surface area contributed by atoms with Gasteiger partial charge < -0.3 is 10.2 Å². The molecule has 2 aliphatic heterocycles. The summed E-state index contributed by atoms with van der Waals surface area (Å²) in [6.07, 6.45) is 4.56. The van der Waals surface area contributed by atoms with E-state index in [9.17, 15) is 4.79 Å². The standard InChI is InChI=1S/C16H30N2O/c1-5-15(4)7-10-18(11-8-15)14(19)16(13(2)3)6-9-17-12-16/h13,17H,5-12H2,1-4H3. The Morgan fingerprint density at radius 3 is 2.32 bits per heavy atom. The number of nitrogens with zero attached hydrogens (tertiary/aromatic N) is 1. The Labute approximate surface area is 118 Å². The van der Waals surface area contributed by atoms with Crippen molar-refractivity contribution in [2.75, 3.05) is 26.2 Å². The van der Waals surface area contributed by atoms with E-state index in [4.69, 9.17) is 0 Å². The lowest BCUT2D eigenvalue weighted by Gasteiger charge is -2.43. The first-order valence-corrected chi connectivity index (χ1v) is 7.94. The van der Waals surface area contributed by atoms with Gasteiger partial charge in [-0.1, -0.05) is 34.1 Å². The van der Waals surface area contributed by atoms with Crippen molar-refractivity contribution in [3.8, 4) is 0 Å². The first kappa shape index (κ1) is 14.8. The third-order valence-electron chi connectivity index (χ3n) is 5.83. The molecule has 2 fully saturated rings. The molecular formula is C16H30N2O. The van der Waals surface area contributed by atoms with Crippen molar-refractivity contribution in [1.29, 1.82) is 0 Å². The number of amides is 1. The Kier molecular flexibility index (Phi) is 4.24. The number of hydrogen-bond acceptors (Lipinski definition) is 2. The maximum atomic E-state index is 12.9. The van der Waals surface area contributed by atoms with Crippen LogP contribution >= 0.6 is 0 Å². The predicted octanol–water partition coefficient (Wildman–Crippen LogP) is 2.66. The van der Waals surface area contributed by atoms with Gasteiger partial charge in [0.1, 0.15) is 0 Å². The number of nitrogens with one attached hydrogen (secondary N) is 1. The normalized spacial score (nSPS) is 30.9. The molecule has 0 radical (unpaired) electrons. The molecule has 3 nitrogen and oxygen atoms in total. The van der Waals surface area contributed by atoms with Crippen LogP contribution in [0.15, 0.2) is 0 Å². The zero-order chi connectivity index (χ0) is 14.1. The number of piperidine rings is 1. The van der Waals surface area contributed by atoms with Gasteiger partial charge in [0.15, 0.2) is 0 Å². The van der Waals surface area contributed by atoms with Crippen LogP contribution in [0.3, 0.4) is 0 Å². The van der Waals surface area contributed by atoms with Crippen molar-refractivity contribution >= 4 is 5.91 Å². The molecule has 1 atom stereocenters. The van der Waals surface area contributed by atoms with E-state index in [2.05, 4.69) is 37.9 Å². The highest BCUT2D eigenvalue weighted by Gasteiger charge is 2.47. The van der Waals surface area contributed by atoms with E-state index in [1.807, 2.05) is 0 Å². The van der Waals surface area contributed by atoms with Gasteiger partial charge in [0, 0.05) is 19.6 Å². The van der Waals surface area contributed by atoms with Crippen LogP contribution in [-0.2, 0) is 4.79 Å². The molecule has 0 spiro atoms. The Hall–Kier alpha value is -0.570. The minimum Gasteiger partial charge on any atom is -0.342 e. The van der Waals surface area contributed by atoms with E-state index in [0.717, 1.165) is 45.4 Å². The Bertz CT molecular complexity index is 324. The van der Waals surface area contributed by atoms with Crippen molar-refractivity contribution in [3.63, 3.8) is 0 Å². The Balaban J connectivity index is 2.04. The fourth-order valence-electron chi connectivity index (χ4n) is 3.55. The molecule has 3 heteroatoms. The smallest absolute Gasteiger partial charge is 0.230 e. The van der Waals surface area contributed by atoms with Gasteiger partial charge in [-0.05, 0) is 37.1 Å². The third-order valence-corrected chi connectivity index (χ3v) is 5.83. The molecule has 2 heterocycles. The fraction of sp³-hybridized carbons (Fsp3) is 0.938. The number of likely N-dealkylation sites (tertiary alicyclic amines) is 1. The number of carbonyl (C=O) groups excluding carboxylic acids is 1. The van der Waals surface area contributed by atoms with E-state index in [-0.39, 0.29) is 5.41 Å². The van der Waals surface area contributed by atoms with Crippen LogP contribution in [0.5, 0.6) is 0 Å². The van der Waals surface area contributed by atoms with Crippen LogP contribution in [-0.4, -0.2) is 37.0 Å². The van der Waals surface area contributed by atoms with Crippen LogP contribution in [0.2, 0.25) is 0 Å². The number of hydrogen-bond donors (Lipinski definition) is 1. The van der Waals surface area contributed by atoms with Crippen molar-refractivity contribution in [1.82, 2.24) is 10.2 Å². The van der Waals surface area contributed by atoms with Gasteiger partial charge in [0.05, 0.1) is 5.41 Å².